The zero-order valence-corrected chi connectivity index (χ0v) is 23.5. The van der Waals surface area contributed by atoms with Crippen LogP contribution in [0.25, 0.3) is 23.0 Å². The summed E-state index contributed by atoms with van der Waals surface area (Å²) in [6.07, 6.45) is 4.40. The molecule has 4 aromatic rings. The van der Waals surface area contributed by atoms with Crippen LogP contribution in [0, 0.1) is 5.41 Å². The summed E-state index contributed by atoms with van der Waals surface area (Å²) in [5.41, 5.74) is 2.96. The van der Waals surface area contributed by atoms with Crippen molar-refractivity contribution in [3.63, 3.8) is 0 Å². The lowest BCUT2D eigenvalue weighted by Gasteiger charge is -2.34. The Morgan fingerprint density at radius 1 is 0.947 bits per heavy atom. The molecule has 8 heteroatoms. The maximum absolute atomic E-state index is 12.6. The molecular formula is C30H35N3O4S. The molecule has 0 atom stereocenters. The van der Waals surface area contributed by atoms with E-state index in [1.807, 2.05) is 59.1 Å². The van der Waals surface area contributed by atoms with Gasteiger partial charge in [-0.15, -0.1) is 0 Å². The molecule has 38 heavy (non-hydrogen) atoms. The van der Waals surface area contributed by atoms with Crippen molar-refractivity contribution < 1.29 is 17.3 Å². The normalized spacial score (nSPS) is 12.7. The highest BCUT2D eigenvalue weighted by molar-refractivity contribution is 7.90. The van der Waals surface area contributed by atoms with Gasteiger partial charge in [0.25, 0.3) is 0 Å². The molecule has 7 nitrogen and oxygen atoms in total. The zero-order valence-electron chi connectivity index (χ0n) is 22.7. The number of hydrogen-bond donors (Lipinski definition) is 1. The first kappa shape index (κ1) is 27.3. The maximum atomic E-state index is 12.6. The van der Waals surface area contributed by atoms with Crippen molar-refractivity contribution in [2.45, 2.75) is 46.6 Å². The van der Waals surface area contributed by atoms with Gasteiger partial charge in [0.15, 0.2) is 11.5 Å². The van der Waals surface area contributed by atoms with Crippen LogP contribution in [0.1, 0.15) is 46.6 Å². The Morgan fingerprint density at radius 2 is 1.66 bits per heavy atom. The fraction of sp³-hybridized carbons (Fsp3) is 0.300. The number of imidazole rings is 1. The first-order chi connectivity index (χ1) is 17.9. The zero-order chi connectivity index (χ0) is 27.6. The van der Waals surface area contributed by atoms with Gasteiger partial charge in [-0.05, 0) is 67.7 Å². The molecule has 1 N–H and O–H groups in total. The van der Waals surface area contributed by atoms with E-state index in [-0.39, 0.29) is 22.5 Å². The lowest BCUT2D eigenvalue weighted by Crippen LogP contribution is -2.36. The fourth-order valence-electron chi connectivity index (χ4n) is 4.77. The van der Waals surface area contributed by atoms with Crippen molar-refractivity contribution >= 4 is 27.7 Å². The Morgan fingerprint density at radius 3 is 2.34 bits per heavy atom. The van der Waals surface area contributed by atoms with E-state index in [9.17, 15) is 8.42 Å². The number of nitrogens with zero attached hydrogens (tertiary/aromatic N) is 2. The molecule has 0 spiro atoms. The lowest BCUT2D eigenvalue weighted by molar-refractivity contribution is 0.302. The van der Waals surface area contributed by atoms with Crippen LogP contribution in [0.15, 0.2) is 78.3 Å². The van der Waals surface area contributed by atoms with Crippen LogP contribution in [0.3, 0.4) is 0 Å². The fourth-order valence-corrected chi connectivity index (χ4v) is 5.54. The van der Waals surface area contributed by atoms with E-state index in [1.165, 1.54) is 13.2 Å². The molecule has 0 unspecified atom stereocenters. The molecule has 0 aliphatic carbocycles. The summed E-state index contributed by atoms with van der Waals surface area (Å²) < 4.78 is 38.2. The third-order valence-corrected chi connectivity index (χ3v) is 6.71. The van der Waals surface area contributed by atoms with E-state index in [0.717, 1.165) is 40.1 Å². The summed E-state index contributed by atoms with van der Waals surface area (Å²) in [5.74, 6) is 1.24. The highest BCUT2D eigenvalue weighted by atomic mass is 32.2. The summed E-state index contributed by atoms with van der Waals surface area (Å²) in [7, 11) is -2.53. The number of anilines is 1. The molecule has 0 aliphatic heterocycles. The number of aromatic nitrogens is 2. The molecule has 0 amide bonds. The van der Waals surface area contributed by atoms with Crippen molar-refractivity contribution in [1.82, 2.24) is 9.38 Å². The Balaban J connectivity index is 1.69. The monoisotopic (exact) mass is 533 g/mol. The highest BCUT2D eigenvalue weighted by Crippen LogP contribution is 2.38. The second kappa shape index (κ2) is 10.5. The van der Waals surface area contributed by atoms with Gasteiger partial charge in [0, 0.05) is 17.3 Å². The lowest BCUT2D eigenvalue weighted by atomic mass is 9.82. The van der Waals surface area contributed by atoms with Crippen LogP contribution in [0.5, 0.6) is 11.5 Å². The Bertz CT molecular complexity index is 1550. The number of hydrogen-bond acceptors (Lipinski definition) is 6. The van der Waals surface area contributed by atoms with Crippen molar-refractivity contribution in [1.29, 1.82) is 0 Å². The molecule has 0 fully saturated rings. The molecular weight excluding hydrogens is 498 g/mol. The molecule has 0 bridgehead atoms. The third kappa shape index (κ3) is 6.75. The van der Waals surface area contributed by atoms with Crippen molar-refractivity contribution in [3.8, 4) is 22.8 Å². The molecule has 2 aromatic heterocycles. The topological polar surface area (TPSA) is 81.9 Å². The number of rotatable bonds is 9. The van der Waals surface area contributed by atoms with Crippen LogP contribution in [-0.2, 0) is 10.1 Å². The highest BCUT2D eigenvalue weighted by Gasteiger charge is 2.28. The van der Waals surface area contributed by atoms with E-state index in [0.29, 0.717) is 0 Å². The molecule has 4 rings (SSSR count). The van der Waals surface area contributed by atoms with Gasteiger partial charge < -0.3 is 14.2 Å². The van der Waals surface area contributed by atoms with E-state index < -0.39 is 10.1 Å². The van der Waals surface area contributed by atoms with Gasteiger partial charge in [-0.3, -0.25) is 4.40 Å². The summed E-state index contributed by atoms with van der Waals surface area (Å²) in [6.45, 7) is 11.0. The van der Waals surface area contributed by atoms with Gasteiger partial charge in [-0.2, -0.15) is 8.42 Å². The number of nitrogens with one attached hydrogen (secondary N) is 1. The SMILES string of the molecule is COc1cc(-c2nc3ccccn3c2NC(C)(C)CC(C)(C)C)ccc1OS(=O)(=O)C=Cc1ccccc1. The molecule has 200 valence electrons. The molecule has 0 saturated carbocycles. The summed E-state index contributed by atoms with van der Waals surface area (Å²) >= 11 is 0. The van der Waals surface area contributed by atoms with Crippen molar-refractivity contribution in [2.75, 3.05) is 12.4 Å². The smallest absolute Gasteiger partial charge is 0.332 e. The van der Waals surface area contributed by atoms with Gasteiger partial charge in [0.2, 0.25) is 0 Å². The Kier molecular flexibility index (Phi) is 7.56. The van der Waals surface area contributed by atoms with Crippen LogP contribution >= 0.6 is 0 Å². The van der Waals surface area contributed by atoms with Crippen LogP contribution in [0.2, 0.25) is 0 Å². The third-order valence-electron chi connectivity index (χ3n) is 5.83. The van der Waals surface area contributed by atoms with Gasteiger partial charge in [-0.1, -0.05) is 57.2 Å². The first-order valence-corrected chi connectivity index (χ1v) is 13.9. The minimum atomic E-state index is -4.01. The van der Waals surface area contributed by atoms with Crippen LogP contribution in [0.4, 0.5) is 5.82 Å². The minimum absolute atomic E-state index is 0.0975. The second-order valence-electron chi connectivity index (χ2n) is 11.1. The molecule has 0 radical (unpaired) electrons. The summed E-state index contributed by atoms with van der Waals surface area (Å²) in [5, 5.41) is 4.75. The Hall–Kier alpha value is -3.78. The van der Waals surface area contributed by atoms with E-state index in [2.05, 4.69) is 39.9 Å². The maximum Gasteiger partial charge on any atom is 0.332 e. The standard InChI is InChI=1S/C30H35N3O4S/c1-29(2,3)21-30(4,5)32-28-27(31-26-14-10-11-18-33(26)28)23-15-16-24(25(20-23)36-6)37-38(34,35)19-17-22-12-8-7-9-13-22/h7-20,32H,21H2,1-6H3. The number of benzene rings is 2. The van der Waals surface area contributed by atoms with Crippen molar-refractivity contribution in [3.05, 3.63) is 83.9 Å². The minimum Gasteiger partial charge on any atom is -0.493 e. The van der Waals surface area contributed by atoms with E-state index in [4.69, 9.17) is 13.9 Å². The molecule has 2 aromatic carbocycles. The van der Waals surface area contributed by atoms with Crippen LogP contribution < -0.4 is 14.2 Å². The predicted molar refractivity (Wildman–Crippen MR) is 154 cm³/mol. The van der Waals surface area contributed by atoms with Gasteiger partial charge >= 0.3 is 10.1 Å². The van der Waals surface area contributed by atoms with Crippen molar-refractivity contribution in [2.24, 2.45) is 5.41 Å². The predicted octanol–water partition coefficient (Wildman–Crippen LogP) is 7.02. The summed E-state index contributed by atoms with van der Waals surface area (Å²) in [6, 6.07) is 20.1. The average molecular weight is 534 g/mol. The molecule has 0 saturated heterocycles. The van der Waals surface area contributed by atoms with Gasteiger partial charge in [0.05, 0.1) is 12.5 Å². The average Bonchev–Trinajstić information content (AvgIpc) is 3.19. The number of pyridine rings is 1. The summed E-state index contributed by atoms with van der Waals surface area (Å²) in [4.78, 5) is 4.88. The van der Waals surface area contributed by atoms with Gasteiger partial charge in [-0.25, -0.2) is 4.98 Å². The number of methoxy groups -OCH3 is 1. The van der Waals surface area contributed by atoms with E-state index >= 15 is 0 Å². The quantitative estimate of drug-likeness (QED) is 0.233. The number of fused-ring (bicyclic) bond motifs is 1. The number of ether oxygens (including phenoxy) is 1. The van der Waals surface area contributed by atoms with E-state index in [1.54, 1.807) is 18.2 Å². The molecule has 2 heterocycles. The van der Waals surface area contributed by atoms with Crippen LogP contribution in [-0.4, -0.2) is 30.5 Å². The van der Waals surface area contributed by atoms with Gasteiger partial charge in [0.1, 0.15) is 17.2 Å². The largest absolute Gasteiger partial charge is 0.493 e. The first-order valence-electron chi connectivity index (χ1n) is 12.5. The second-order valence-corrected chi connectivity index (χ2v) is 12.6. The molecule has 0 aliphatic rings. The Labute approximate surface area is 225 Å².